The maximum atomic E-state index is 14.2. The summed E-state index contributed by atoms with van der Waals surface area (Å²) in [5, 5.41) is 2.98. The zero-order chi connectivity index (χ0) is 28.0. The number of amides is 3. The summed E-state index contributed by atoms with van der Waals surface area (Å²) >= 11 is 0.755. The van der Waals surface area contributed by atoms with Crippen LogP contribution in [0.2, 0.25) is 0 Å². The summed E-state index contributed by atoms with van der Waals surface area (Å²) in [4.78, 5) is 43.1. The lowest BCUT2D eigenvalue weighted by Crippen LogP contribution is -2.44. The third-order valence-corrected chi connectivity index (χ3v) is 6.82. The molecule has 1 unspecified atom stereocenters. The average molecular weight is 539 g/mol. The fourth-order valence-electron chi connectivity index (χ4n) is 3.89. The van der Waals surface area contributed by atoms with Gasteiger partial charge in [-0.15, -0.1) is 0 Å². The van der Waals surface area contributed by atoms with Gasteiger partial charge in [0.05, 0.1) is 18.5 Å². The van der Waals surface area contributed by atoms with Crippen LogP contribution in [0.3, 0.4) is 0 Å². The number of anilines is 3. The smallest absolute Gasteiger partial charge is 0.273 e. The van der Waals surface area contributed by atoms with Crippen molar-refractivity contribution in [3.05, 3.63) is 64.7 Å². The van der Waals surface area contributed by atoms with E-state index in [1.54, 1.807) is 24.3 Å². The van der Waals surface area contributed by atoms with Crippen molar-refractivity contribution in [1.29, 1.82) is 0 Å². The highest BCUT2D eigenvalue weighted by Gasteiger charge is 2.37. The van der Waals surface area contributed by atoms with Crippen LogP contribution < -0.4 is 31.3 Å². The van der Waals surface area contributed by atoms with Crippen LogP contribution in [0.5, 0.6) is 5.75 Å². The molecule has 3 aromatic rings. The summed E-state index contributed by atoms with van der Waals surface area (Å²) in [5.41, 5.74) is 13.1. The lowest BCUT2D eigenvalue weighted by molar-refractivity contribution is -0.122. The molecule has 0 fully saturated rings. The molecule has 3 amide bonds. The number of nitrogens with one attached hydrogen (secondary N) is 1. The second kappa shape index (κ2) is 12.4. The van der Waals surface area contributed by atoms with E-state index >= 15 is 0 Å². The Hall–Kier alpha value is -4.12. The number of carbonyl (C=O) groups excluding carboxylic acids is 3. The first kappa shape index (κ1) is 28.5. The van der Waals surface area contributed by atoms with Crippen LogP contribution in [0.25, 0.3) is 0 Å². The van der Waals surface area contributed by atoms with Gasteiger partial charge in [0.1, 0.15) is 16.7 Å². The number of nitrogens with zero attached hydrogens (tertiary/aromatic N) is 3. The van der Waals surface area contributed by atoms with Crippen molar-refractivity contribution in [2.24, 2.45) is 11.7 Å². The van der Waals surface area contributed by atoms with Gasteiger partial charge in [0.15, 0.2) is 5.69 Å². The first-order chi connectivity index (χ1) is 18.1. The number of nitrogen functional groups attached to an aromatic ring is 1. The third kappa shape index (κ3) is 6.23. The second-order valence-electron chi connectivity index (χ2n) is 9.35. The van der Waals surface area contributed by atoms with Crippen LogP contribution in [0.15, 0.2) is 48.5 Å². The van der Waals surface area contributed by atoms with Crippen LogP contribution in [0.4, 0.5) is 17.1 Å². The molecule has 202 valence electrons. The zero-order valence-corrected chi connectivity index (χ0v) is 23.0. The molecule has 38 heavy (non-hydrogen) atoms. The molecule has 0 aliphatic carbocycles. The molecule has 0 aliphatic rings. The number of hydrogen-bond donors (Lipinski definition) is 3. The summed E-state index contributed by atoms with van der Waals surface area (Å²) in [6.45, 7) is 4.57. The van der Waals surface area contributed by atoms with E-state index in [-0.39, 0.29) is 22.2 Å². The van der Waals surface area contributed by atoms with E-state index in [1.165, 1.54) is 12.0 Å². The highest BCUT2D eigenvalue weighted by Crippen LogP contribution is 2.38. The number of carbonyl (C=O) groups is 3. The van der Waals surface area contributed by atoms with Crippen LogP contribution in [-0.2, 0) is 4.79 Å². The SMILES string of the molecule is COc1ccccc1N(C(=O)c1snc(C(N)=O)c1N)C(C(=O)NCCC(C)C)c1ccc(N(C)C)cc1. The number of primary amides is 1. The van der Waals surface area contributed by atoms with E-state index in [9.17, 15) is 14.4 Å². The molecule has 10 nitrogen and oxygen atoms in total. The molecule has 0 aliphatic heterocycles. The number of methoxy groups -OCH3 is 1. The first-order valence-electron chi connectivity index (χ1n) is 12.1. The molecule has 2 aromatic carbocycles. The van der Waals surface area contributed by atoms with Crippen molar-refractivity contribution in [3.8, 4) is 5.75 Å². The molecule has 1 heterocycles. The minimum Gasteiger partial charge on any atom is -0.495 e. The molecule has 0 spiro atoms. The highest BCUT2D eigenvalue weighted by molar-refractivity contribution is 7.09. The third-order valence-electron chi connectivity index (χ3n) is 5.97. The number of benzene rings is 2. The number of aromatic nitrogens is 1. The van der Waals surface area contributed by atoms with Crippen molar-refractivity contribution >= 4 is 46.3 Å². The number of nitrogens with two attached hydrogens (primary N) is 2. The monoisotopic (exact) mass is 538 g/mol. The number of para-hydroxylation sites is 2. The largest absolute Gasteiger partial charge is 0.495 e. The van der Waals surface area contributed by atoms with E-state index in [0.717, 1.165) is 23.6 Å². The predicted octanol–water partition coefficient (Wildman–Crippen LogP) is 3.45. The van der Waals surface area contributed by atoms with Crippen molar-refractivity contribution in [1.82, 2.24) is 9.69 Å². The lowest BCUT2D eigenvalue weighted by Gasteiger charge is -2.32. The van der Waals surface area contributed by atoms with Crippen molar-refractivity contribution in [2.75, 3.05) is 43.3 Å². The molecule has 1 aromatic heterocycles. The first-order valence-corrected chi connectivity index (χ1v) is 12.9. The van der Waals surface area contributed by atoms with Gasteiger partial charge in [0.25, 0.3) is 11.8 Å². The molecular formula is C27H34N6O4S. The Morgan fingerprint density at radius 1 is 1.08 bits per heavy atom. The maximum Gasteiger partial charge on any atom is 0.273 e. The fraction of sp³-hybridized carbons (Fsp3) is 0.333. The van der Waals surface area contributed by atoms with Gasteiger partial charge in [-0.05, 0) is 53.7 Å². The van der Waals surface area contributed by atoms with Gasteiger partial charge < -0.3 is 26.4 Å². The van der Waals surface area contributed by atoms with Crippen LogP contribution in [0.1, 0.15) is 52.0 Å². The maximum absolute atomic E-state index is 14.2. The molecule has 1 atom stereocenters. The standard InChI is InChI=1S/C27H34N6O4S/c1-16(2)14-15-30-26(35)23(17-10-12-18(13-11-17)32(3)4)33(19-8-6-7-9-20(19)37-5)27(36)24-21(28)22(25(29)34)31-38-24/h6-13,16,23H,14-15,28H2,1-5H3,(H2,29,34)(H,30,35). The Morgan fingerprint density at radius 3 is 2.29 bits per heavy atom. The van der Waals surface area contributed by atoms with Gasteiger partial charge in [-0.3, -0.25) is 19.3 Å². The predicted molar refractivity (Wildman–Crippen MR) is 151 cm³/mol. The van der Waals surface area contributed by atoms with Crippen molar-refractivity contribution in [2.45, 2.75) is 26.3 Å². The zero-order valence-electron chi connectivity index (χ0n) is 22.2. The van der Waals surface area contributed by atoms with E-state index in [2.05, 4.69) is 23.5 Å². The summed E-state index contributed by atoms with van der Waals surface area (Å²) in [5.74, 6) is -1.07. The number of hydrogen-bond acceptors (Lipinski definition) is 8. The molecule has 0 saturated carbocycles. The Morgan fingerprint density at radius 2 is 1.74 bits per heavy atom. The van der Waals surface area contributed by atoms with Gasteiger partial charge in [0, 0.05) is 26.3 Å². The fourth-order valence-corrected chi connectivity index (χ4v) is 4.63. The lowest BCUT2D eigenvalue weighted by atomic mass is 10.0. The quantitative estimate of drug-likeness (QED) is 0.339. The average Bonchev–Trinajstić information content (AvgIpc) is 3.28. The Labute approximate surface area is 226 Å². The van der Waals surface area contributed by atoms with Gasteiger partial charge >= 0.3 is 0 Å². The number of ether oxygens (including phenoxy) is 1. The molecular weight excluding hydrogens is 504 g/mol. The summed E-state index contributed by atoms with van der Waals surface area (Å²) in [6.07, 6.45) is 0.768. The van der Waals surface area contributed by atoms with Crippen LogP contribution >= 0.6 is 11.5 Å². The van der Waals surface area contributed by atoms with Crippen LogP contribution in [0, 0.1) is 5.92 Å². The molecule has 0 saturated heterocycles. The summed E-state index contributed by atoms with van der Waals surface area (Å²) in [7, 11) is 5.31. The summed E-state index contributed by atoms with van der Waals surface area (Å²) < 4.78 is 9.55. The minimum absolute atomic E-state index is 0.00500. The molecule has 0 bridgehead atoms. The topological polar surface area (TPSA) is 144 Å². The van der Waals surface area contributed by atoms with E-state index in [1.807, 2.05) is 43.3 Å². The molecule has 11 heteroatoms. The second-order valence-corrected chi connectivity index (χ2v) is 10.1. The molecule has 3 rings (SSSR count). The molecule has 5 N–H and O–H groups in total. The van der Waals surface area contributed by atoms with E-state index in [0.29, 0.717) is 29.5 Å². The van der Waals surface area contributed by atoms with Crippen molar-refractivity contribution < 1.29 is 19.1 Å². The van der Waals surface area contributed by atoms with E-state index < -0.39 is 17.9 Å². The van der Waals surface area contributed by atoms with Gasteiger partial charge in [-0.25, -0.2) is 0 Å². The van der Waals surface area contributed by atoms with Gasteiger partial charge in [-0.1, -0.05) is 38.1 Å². The normalized spacial score (nSPS) is 11.6. The Balaban J connectivity index is 2.21. The Bertz CT molecular complexity index is 1290. The number of rotatable bonds is 11. The minimum atomic E-state index is -1.08. The van der Waals surface area contributed by atoms with Crippen LogP contribution in [-0.4, -0.2) is 49.8 Å². The van der Waals surface area contributed by atoms with Crippen molar-refractivity contribution in [3.63, 3.8) is 0 Å². The Kier molecular flexibility index (Phi) is 9.30. The summed E-state index contributed by atoms with van der Waals surface area (Å²) in [6, 6.07) is 13.2. The highest BCUT2D eigenvalue weighted by atomic mass is 32.1. The molecule has 0 radical (unpaired) electrons. The van der Waals surface area contributed by atoms with E-state index in [4.69, 9.17) is 16.2 Å². The van der Waals surface area contributed by atoms with Gasteiger partial charge in [-0.2, -0.15) is 4.37 Å². The van der Waals surface area contributed by atoms with Gasteiger partial charge in [0.2, 0.25) is 5.91 Å².